The zero-order valence-corrected chi connectivity index (χ0v) is 17.2. The molecule has 1 atom stereocenters. The Kier molecular flexibility index (Phi) is 5.25. The van der Waals surface area contributed by atoms with Gasteiger partial charge in [0, 0.05) is 11.1 Å². The van der Waals surface area contributed by atoms with E-state index >= 15 is 0 Å². The molecule has 1 amide bonds. The molecule has 28 heavy (non-hydrogen) atoms. The normalized spacial score (nSPS) is 12.8. The highest BCUT2D eigenvalue weighted by Gasteiger charge is 2.24. The summed E-state index contributed by atoms with van der Waals surface area (Å²) in [5.41, 5.74) is 0.809. The van der Waals surface area contributed by atoms with Gasteiger partial charge in [0.2, 0.25) is 0 Å². The third-order valence-electron chi connectivity index (χ3n) is 4.02. The second-order valence-electron chi connectivity index (χ2n) is 7.55. The zero-order valence-electron chi connectivity index (χ0n) is 16.4. The van der Waals surface area contributed by atoms with Crippen LogP contribution in [0.5, 0.6) is 0 Å². The summed E-state index contributed by atoms with van der Waals surface area (Å²) < 4.78 is 20.6. The van der Waals surface area contributed by atoms with Gasteiger partial charge in [0.25, 0.3) is 5.56 Å². The van der Waals surface area contributed by atoms with Crippen LogP contribution in [-0.4, -0.2) is 21.1 Å². The summed E-state index contributed by atoms with van der Waals surface area (Å²) in [7, 11) is 0. The Hall–Kier alpha value is -2.74. The monoisotopic (exact) mass is 403 g/mol. The number of carbonyl (C=O) groups is 1. The highest BCUT2D eigenvalue weighted by Crippen LogP contribution is 2.27. The SMILES string of the molecule is Cc1csc2nc(C(C)NC(=O)OC(C)(C)C)c(-c3cccc(F)c3)c(=O)n12. The summed E-state index contributed by atoms with van der Waals surface area (Å²) in [5.74, 6) is -0.456. The van der Waals surface area contributed by atoms with Crippen LogP contribution in [0.25, 0.3) is 16.1 Å². The number of carbonyl (C=O) groups excluding carboxylic acids is 1. The van der Waals surface area contributed by atoms with Crippen molar-refractivity contribution < 1.29 is 13.9 Å². The van der Waals surface area contributed by atoms with Crippen molar-refractivity contribution in [3.05, 3.63) is 57.2 Å². The number of aryl methyl sites for hydroxylation is 1. The number of thiazole rings is 1. The molecule has 0 radical (unpaired) electrons. The molecule has 2 aromatic heterocycles. The molecule has 3 rings (SSSR count). The molecule has 0 fully saturated rings. The number of amides is 1. The number of hydrogen-bond donors (Lipinski definition) is 1. The van der Waals surface area contributed by atoms with Crippen molar-refractivity contribution in [1.29, 1.82) is 0 Å². The van der Waals surface area contributed by atoms with Gasteiger partial charge in [-0.2, -0.15) is 0 Å². The summed E-state index contributed by atoms with van der Waals surface area (Å²) in [6.45, 7) is 8.82. The minimum Gasteiger partial charge on any atom is -0.444 e. The van der Waals surface area contributed by atoms with Gasteiger partial charge in [0.05, 0.1) is 17.3 Å². The van der Waals surface area contributed by atoms with Gasteiger partial charge >= 0.3 is 6.09 Å². The van der Waals surface area contributed by atoms with Crippen LogP contribution in [0.15, 0.2) is 34.4 Å². The molecule has 1 N–H and O–H groups in total. The first kappa shape index (κ1) is 20.0. The van der Waals surface area contributed by atoms with E-state index in [2.05, 4.69) is 10.3 Å². The van der Waals surface area contributed by atoms with E-state index in [1.807, 2.05) is 12.3 Å². The van der Waals surface area contributed by atoms with Gasteiger partial charge < -0.3 is 10.1 Å². The van der Waals surface area contributed by atoms with Crippen LogP contribution in [-0.2, 0) is 4.74 Å². The standard InChI is InChI=1S/C20H22FN3O3S/c1-11-10-28-18-23-16(12(2)22-19(26)27-20(3,4)5)15(17(25)24(11)18)13-7-6-8-14(21)9-13/h6-10,12H,1-5H3,(H,22,26). The highest BCUT2D eigenvalue weighted by molar-refractivity contribution is 7.15. The number of fused-ring (bicyclic) bond motifs is 1. The van der Waals surface area contributed by atoms with E-state index in [9.17, 15) is 14.0 Å². The fourth-order valence-electron chi connectivity index (χ4n) is 2.88. The van der Waals surface area contributed by atoms with Crippen molar-refractivity contribution >= 4 is 22.4 Å². The first-order chi connectivity index (χ1) is 13.1. The first-order valence-electron chi connectivity index (χ1n) is 8.83. The van der Waals surface area contributed by atoms with Crippen LogP contribution < -0.4 is 10.9 Å². The summed E-state index contributed by atoms with van der Waals surface area (Å²) in [4.78, 5) is 30.5. The summed E-state index contributed by atoms with van der Waals surface area (Å²) in [6.07, 6.45) is -0.616. The number of rotatable bonds is 3. The average Bonchev–Trinajstić information content (AvgIpc) is 2.94. The molecule has 1 aromatic carbocycles. The van der Waals surface area contributed by atoms with Crippen molar-refractivity contribution in [2.45, 2.75) is 46.3 Å². The topological polar surface area (TPSA) is 72.7 Å². The molecule has 0 aliphatic rings. The first-order valence-corrected chi connectivity index (χ1v) is 9.71. The maximum absolute atomic E-state index is 13.8. The predicted molar refractivity (Wildman–Crippen MR) is 107 cm³/mol. The number of nitrogens with zero attached hydrogens (tertiary/aromatic N) is 2. The van der Waals surface area contributed by atoms with E-state index in [1.165, 1.54) is 33.9 Å². The Morgan fingerprint density at radius 3 is 2.71 bits per heavy atom. The molecule has 148 valence electrons. The van der Waals surface area contributed by atoms with Crippen molar-refractivity contribution in [2.24, 2.45) is 0 Å². The molecule has 0 saturated heterocycles. The molecule has 0 spiro atoms. The van der Waals surface area contributed by atoms with Gasteiger partial charge in [0.15, 0.2) is 4.96 Å². The van der Waals surface area contributed by atoms with Gasteiger partial charge in [-0.3, -0.25) is 9.20 Å². The average molecular weight is 403 g/mol. The highest BCUT2D eigenvalue weighted by atomic mass is 32.1. The lowest BCUT2D eigenvalue weighted by molar-refractivity contribution is 0.0507. The molecule has 2 heterocycles. The van der Waals surface area contributed by atoms with E-state index in [0.717, 1.165) is 5.69 Å². The van der Waals surface area contributed by atoms with Crippen LogP contribution in [0.3, 0.4) is 0 Å². The largest absolute Gasteiger partial charge is 0.444 e. The van der Waals surface area contributed by atoms with Crippen molar-refractivity contribution in [3.8, 4) is 11.1 Å². The van der Waals surface area contributed by atoms with Gasteiger partial charge in [0.1, 0.15) is 11.4 Å². The van der Waals surface area contributed by atoms with E-state index in [4.69, 9.17) is 4.74 Å². The third kappa shape index (κ3) is 4.06. The van der Waals surface area contributed by atoms with E-state index in [0.29, 0.717) is 16.2 Å². The maximum Gasteiger partial charge on any atom is 0.408 e. The van der Waals surface area contributed by atoms with E-state index in [-0.39, 0.29) is 11.1 Å². The Balaban J connectivity index is 2.14. The Bertz CT molecular complexity index is 1100. The number of ether oxygens (including phenoxy) is 1. The van der Waals surface area contributed by atoms with Crippen LogP contribution >= 0.6 is 11.3 Å². The number of benzene rings is 1. The van der Waals surface area contributed by atoms with E-state index < -0.39 is 23.6 Å². The second kappa shape index (κ2) is 7.35. The molecular weight excluding hydrogens is 381 g/mol. The van der Waals surface area contributed by atoms with Gasteiger partial charge in [-0.05, 0) is 52.3 Å². The Morgan fingerprint density at radius 2 is 2.07 bits per heavy atom. The zero-order chi connectivity index (χ0) is 20.6. The smallest absolute Gasteiger partial charge is 0.408 e. The number of halogens is 1. The lowest BCUT2D eigenvalue weighted by Crippen LogP contribution is -2.35. The molecular formula is C20H22FN3O3S. The van der Waals surface area contributed by atoms with Crippen molar-refractivity contribution in [2.75, 3.05) is 0 Å². The van der Waals surface area contributed by atoms with Gasteiger partial charge in [-0.25, -0.2) is 14.2 Å². The van der Waals surface area contributed by atoms with Crippen LogP contribution in [0.1, 0.15) is 45.1 Å². The molecule has 6 nitrogen and oxygen atoms in total. The second-order valence-corrected chi connectivity index (χ2v) is 8.39. The molecule has 0 aliphatic heterocycles. The lowest BCUT2D eigenvalue weighted by atomic mass is 10.0. The lowest BCUT2D eigenvalue weighted by Gasteiger charge is -2.22. The van der Waals surface area contributed by atoms with Crippen molar-refractivity contribution in [3.63, 3.8) is 0 Å². The summed E-state index contributed by atoms with van der Waals surface area (Å²) in [6, 6.07) is 5.17. The predicted octanol–water partition coefficient (Wildman–Crippen LogP) is 4.46. The van der Waals surface area contributed by atoms with Crippen LogP contribution in [0, 0.1) is 12.7 Å². The minimum absolute atomic E-state index is 0.252. The Labute approximate surface area is 166 Å². The molecule has 0 bridgehead atoms. The minimum atomic E-state index is -0.656. The number of aromatic nitrogens is 2. The molecule has 0 aliphatic carbocycles. The van der Waals surface area contributed by atoms with Crippen LogP contribution in [0.2, 0.25) is 0 Å². The van der Waals surface area contributed by atoms with Gasteiger partial charge in [-0.15, -0.1) is 11.3 Å². The van der Waals surface area contributed by atoms with Crippen LogP contribution in [0.4, 0.5) is 9.18 Å². The number of hydrogen-bond acceptors (Lipinski definition) is 5. The fraction of sp³-hybridized carbons (Fsp3) is 0.350. The van der Waals surface area contributed by atoms with Crippen molar-refractivity contribution in [1.82, 2.24) is 14.7 Å². The number of nitrogens with one attached hydrogen (secondary N) is 1. The maximum atomic E-state index is 13.8. The fourth-order valence-corrected chi connectivity index (χ4v) is 3.74. The number of alkyl carbamates (subject to hydrolysis) is 1. The summed E-state index contributed by atoms with van der Waals surface area (Å²) >= 11 is 1.33. The molecule has 3 aromatic rings. The third-order valence-corrected chi connectivity index (χ3v) is 4.97. The van der Waals surface area contributed by atoms with E-state index in [1.54, 1.807) is 33.8 Å². The molecule has 1 unspecified atom stereocenters. The summed E-state index contributed by atoms with van der Waals surface area (Å²) in [5, 5.41) is 4.54. The quantitative estimate of drug-likeness (QED) is 0.701. The molecule has 8 heteroatoms. The van der Waals surface area contributed by atoms with Gasteiger partial charge in [-0.1, -0.05) is 12.1 Å². The molecule has 0 saturated carbocycles. The Morgan fingerprint density at radius 1 is 1.36 bits per heavy atom.